The number of carbonyl (C=O) groups excluding carboxylic acids is 2. The van der Waals surface area contributed by atoms with Crippen LogP contribution in [-0.4, -0.2) is 44.8 Å². The third-order valence-corrected chi connectivity index (χ3v) is 4.17. The van der Waals surface area contributed by atoms with Gasteiger partial charge in [0.25, 0.3) is 0 Å². The van der Waals surface area contributed by atoms with Crippen molar-refractivity contribution < 1.29 is 33.3 Å². The zero-order valence-corrected chi connectivity index (χ0v) is 16.0. The number of benzene rings is 2. The second-order valence-electron chi connectivity index (χ2n) is 6.07. The predicted octanol–water partition coefficient (Wildman–Crippen LogP) is 3.29. The van der Waals surface area contributed by atoms with Crippen LogP contribution in [0.25, 0.3) is 0 Å². The van der Waals surface area contributed by atoms with Gasteiger partial charge in [0.15, 0.2) is 17.6 Å². The van der Waals surface area contributed by atoms with E-state index >= 15 is 0 Å². The molecule has 0 bridgehead atoms. The lowest BCUT2D eigenvalue weighted by atomic mass is 10.1. The molecule has 0 N–H and O–H groups in total. The van der Waals surface area contributed by atoms with Crippen molar-refractivity contribution in [3.05, 3.63) is 47.5 Å². The van der Waals surface area contributed by atoms with Crippen molar-refractivity contribution in [3.63, 3.8) is 0 Å². The lowest BCUT2D eigenvalue weighted by molar-refractivity contribution is 0.0317. The minimum Gasteiger partial charge on any atom is -0.494 e. The van der Waals surface area contributed by atoms with Crippen LogP contribution in [0.1, 0.15) is 34.6 Å². The molecule has 1 aliphatic heterocycles. The molecule has 2 aromatic carbocycles. The van der Waals surface area contributed by atoms with Crippen molar-refractivity contribution in [2.75, 3.05) is 26.9 Å². The van der Waals surface area contributed by atoms with E-state index < -0.39 is 12.1 Å². The van der Waals surface area contributed by atoms with E-state index in [1.54, 1.807) is 24.3 Å². The molecule has 1 aliphatic rings. The zero-order valence-electron chi connectivity index (χ0n) is 16.0. The van der Waals surface area contributed by atoms with Crippen LogP contribution in [0, 0.1) is 0 Å². The smallest absolute Gasteiger partial charge is 0.339 e. The van der Waals surface area contributed by atoms with Crippen LogP contribution in [0.15, 0.2) is 36.4 Å². The summed E-state index contributed by atoms with van der Waals surface area (Å²) in [5.41, 5.74) is 0.649. The number of esters is 1. The van der Waals surface area contributed by atoms with Gasteiger partial charge in [0.2, 0.25) is 11.5 Å². The molecule has 1 atom stereocenters. The fourth-order valence-corrected chi connectivity index (χ4v) is 2.79. The van der Waals surface area contributed by atoms with Crippen molar-refractivity contribution in [1.29, 1.82) is 0 Å². The molecule has 0 saturated carbocycles. The summed E-state index contributed by atoms with van der Waals surface area (Å²) >= 11 is 0. The number of ether oxygens (including phenoxy) is 5. The lowest BCUT2D eigenvalue weighted by Crippen LogP contribution is -2.24. The Hall–Kier alpha value is -3.22. The Kier molecular flexibility index (Phi) is 6.03. The fraction of sp³-hybridized carbons (Fsp3) is 0.333. The fourth-order valence-electron chi connectivity index (χ4n) is 2.79. The molecule has 0 saturated heterocycles. The van der Waals surface area contributed by atoms with Gasteiger partial charge in [-0.2, -0.15) is 0 Å². The Balaban J connectivity index is 1.72. The quantitative estimate of drug-likeness (QED) is 0.533. The minimum atomic E-state index is -0.954. The molecule has 7 nitrogen and oxygen atoms in total. The van der Waals surface area contributed by atoms with Crippen LogP contribution < -0.4 is 18.9 Å². The number of Topliss-reactive ketones (excluding diaryl/α,β-unsaturated/α-hetero) is 1. The van der Waals surface area contributed by atoms with Gasteiger partial charge in [0.05, 0.1) is 19.3 Å². The van der Waals surface area contributed by atoms with Gasteiger partial charge in [-0.05, 0) is 50.2 Å². The number of fused-ring (bicyclic) bond motifs is 1. The maximum atomic E-state index is 12.5. The summed E-state index contributed by atoms with van der Waals surface area (Å²) in [6.45, 7) is 4.74. The van der Waals surface area contributed by atoms with Crippen molar-refractivity contribution in [3.8, 4) is 23.0 Å². The largest absolute Gasteiger partial charge is 0.494 e. The number of ketones is 1. The molecule has 1 heterocycles. The predicted molar refractivity (Wildman–Crippen MR) is 101 cm³/mol. The summed E-state index contributed by atoms with van der Waals surface area (Å²) in [5, 5.41) is 0. The Labute approximate surface area is 163 Å². The van der Waals surface area contributed by atoms with E-state index in [1.165, 1.54) is 26.2 Å². The second-order valence-corrected chi connectivity index (χ2v) is 6.07. The monoisotopic (exact) mass is 386 g/mol. The van der Waals surface area contributed by atoms with Crippen LogP contribution in [0.5, 0.6) is 23.0 Å². The molecule has 0 unspecified atom stereocenters. The van der Waals surface area contributed by atoms with Crippen molar-refractivity contribution >= 4 is 11.8 Å². The SMILES string of the molecule is CCOc1ccc(C(=O)[C@@H](C)OC(=O)c2cc(OC)c3c(c2)OCCO3)cc1. The van der Waals surface area contributed by atoms with E-state index in [2.05, 4.69) is 0 Å². The van der Waals surface area contributed by atoms with Gasteiger partial charge in [-0.15, -0.1) is 0 Å². The average Bonchev–Trinajstić information content (AvgIpc) is 2.73. The van der Waals surface area contributed by atoms with Gasteiger partial charge in [-0.1, -0.05) is 0 Å². The molecule has 0 spiro atoms. The van der Waals surface area contributed by atoms with Gasteiger partial charge in [0, 0.05) is 5.56 Å². The van der Waals surface area contributed by atoms with Crippen molar-refractivity contribution in [2.45, 2.75) is 20.0 Å². The Morgan fingerprint density at radius 1 is 1.07 bits per heavy atom. The van der Waals surface area contributed by atoms with E-state index in [0.29, 0.717) is 48.4 Å². The summed E-state index contributed by atoms with van der Waals surface area (Å²) in [7, 11) is 1.47. The molecule has 0 radical (unpaired) electrons. The molecule has 2 aromatic rings. The Morgan fingerprint density at radius 3 is 2.46 bits per heavy atom. The summed E-state index contributed by atoms with van der Waals surface area (Å²) in [4.78, 5) is 25.1. The van der Waals surface area contributed by atoms with Gasteiger partial charge in [-0.25, -0.2) is 4.79 Å². The van der Waals surface area contributed by atoms with E-state index in [9.17, 15) is 9.59 Å². The van der Waals surface area contributed by atoms with Crippen LogP contribution >= 0.6 is 0 Å². The standard InChI is InChI=1S/C21H22O7/c1-4-25-16-7-5-14(6-8-16)19(22)13(2)28-21(23)15-11-17(24-3)20-18(12-15)26-9-10-27-20/h5-8,11-13H,4,9-10H2,1-3H3/t13-/m1/s1. The molecule has 0 fully saturated rings. The molecule has 28 heavy (non-hydrogen) atoms. The number of methoxy groups -OCH3 is 1. The molecule has 0 amide bonds. The van der Waals surface area contributed by atoms with Gasteiger partial charge >= 0.3 is 5.97 Å². The van der Waals surface area contributed by atoms with E-state index in [0.717, 1.165) is 0 Å². The molecular weight excluding hydrogens is 364 g/mol. The molecule has 7 heteroatoms. The zero-order chi connectivity index (χ0) is 20.1. The number of rotatable bonds is 7. The normalized spacial score (nSPS) is 13.4. The summed E-state index contributed by atoms with van der Waals surface area (Å²) in [6.07, 6.45) is -0.954. The summed E-state index contributed by atoms with van der Waals surface area (Å²) in [6, 6.07) is 9.72. The Bertz CT molecular complexity index is 841. The minimum absolute atomic E-state index is 0.215. The summed E-state index contributed by atoms with van der Waals surface area (Å²) in [5.74, 6) is 0.941. The van der Waals surface area contributed by atoms with Crippen molar-refractivity contribution in [2.24, 2.45) is 0 Å². The first-order chi connectivity index (χ1) is 13.5. The number of carbonyl (C=O) groups is 2. The highest BCUT2D eigenvalue weighted by atomic mass is 16.6. The van der Waals surface area contributed by atoms with Gasteiger partial charge < -0.3 is 23.7 Å². The third kappa shape index (κ3) is 4.19. The topological polar surface area (TPSA) is 80.3 Å². The number of hydrogen-bond donors (Lipinski definition) is 0. The highest BCUT2D eigenvalue weighted by Gasteiger charge is 2.24. The highest BCUT2D eigenvalue weighted by Crippen LogP contribution is 2.40. The van der Waals surface area contributed by atoms with Crippen LogP contribution in [0.4, 0.5) is 0 Å². The van der Waals surface area contributed by atoms with E-state index in [4.69, 9.17) is 23.7 Å². The third-order valence-electron chi connectivity index (χ3n) is 4.17. The molecular formula is C21H22O7. The Morgan fingerprint density at radius 2 is 1.79 bits per heavy atom. The van der Waals surface area contributed by atoms with Crippen molar-refractivity contribution in [1.82, 2.24) is 0 Å². The maximum absolute atomic E-state index is 12.5. The van der Waals surface area contributed by atoms with Gasteiger partial charge in [-0.3, -0.25) is 4.79 Å². The van der Waals surface area contributed by atoms with Crippen LogP contribution in [0.3, 0.4) is 0 Å². The molecule has 0 aromatic heterocycles. The first-order valence-electron chi connectivity index (χ1n) is 8.99. The molecule has 148 valence electrons. The van der Waals surface area contributed by atoms with Gasteiger partial charge in [0.1, 0.15) is 19.0 Å². The molecule has 3 rings (SSSR count). The number of hydrogen-bond acceptors (Lipinski definition) is 7. The maximum Gasteiger partial charge on any atom is 0.339 e. The van der Waals surface area contributed by atoms with Crippen LogP contribution in [-0.2, 0) is 4.74 Å². The lowest BCUT2D eigenvalue weighted by Gasteiger charge is -2.21. The average molecular weight is 386 g/mol. The second kappa shape index (κ2) is 8.65. The van der Waals surface area contributed by atoms with Crippen LogP contribution in [0.2, 0.25) is 0 Å². The summed E-state index contributed by atoms with van der Waals surface area (Å²) < 4.78 is 27.0. The first kappa shape index (κ1) is 19.5. The van der Waals surface area contributed by atoms with E-state index in [-0.39, 0.29) is 11.3 Å². The first-order valence-corrected chi connectivity index (χ1v) is 8.99. The highest BCUT2D eigenvalue weighted by molar-refractivity contribution is 6.01. The molecule has 0 aliphatic carbocycles. The van der Waals surface area contributed by atoms with E-state index in [1.807, 2.05) is 6.92 Å².